The van der Waals surface area contributed by atoms with Crippen LogP contribution in [-0.2, 0) is 12.0 Å². The Morgan fingerprint density at radius 1 is 1.00 bits per heavy atom. The second-order valence-electron chi connectivity index (χ2n) is 7.81. The molecule has 0 amide bonds. The summed E-state index contributed by atoms with van der Waals surface area (Å²) in [4.78, 5) is 8.64. The molecule has 0 radical (unpaired) electrons. The van der Waals surface area contributed by atoms with Crippen LogP contribution >= 0.6 is 0 Å². The third-order valence-corrected chi connectivity index (χ3v) is 5.74. The average Bonchev–Trinajstić information content (AvgIpc) is 2.68. The molecule has 4 heteroatoms. The van der Waals surface area contributed by atoms with Crippen molar-refractivity contribution in [2.45, 2.75) is 51.2 Å². The van der Waals surface area contributed by atoms with Crippen molar-refractivity contribution in [2.75, 3.05) is 0 Å². The lowest BCUT2D eigenvalue weighted by Gasteiger charge is -2.43. The van der Waals surface area contributed by atoms with E-state index in [9.17, 15) is 0 Å². The Morgan fingerprint density at radius 3 is 2.21 bits per heavy atom. The van der Waals surface area contributed by atoms with Gasteiger partial charge in [0, 0.05) is 11.6 Å². The number of nitrogens with two attached hydrogens (primary N) is 1. The van der Waals surface area contributed by atoms with Crippen LogP contribution in [0.1, 0.15) is 60.4 Å². The van der Waals surface area contributed by atoms with Crippen LogP contribution in [-0.4, -0.2) is 9.97 Å². The van der Waals surface area contributed by atoms with E-state index in [4.69, 9.17) is 10.5 Å². The number of nitrogens with zero attached hydrogens (tertiary/aromatic N) is 2. The predicted molar refractivity (Wildman–Crippen MR) is 111 cm³/mol. The number of aryl methyl sites for hydroxylation is 1. The van der Waals surface area contributed by atoms with Gasteiger partial charge in [0.05, 0.1) is 11.7 Å². The van der Waals surface area contributed by atoms with Crippen LogP contribution in [0.3, 0.4) is 0 Å². The summed E-state index contributed by atoms with van der Waals surface area (Å²) in [6.07, 6.45) is 5.42. The molecule has 144 valence electrons. The van der Waals surface area contributed by atoms with E-state index in [1.165, 1.54) is 36.0 Å². The van der Waals surface area contributed by atoms with E-state index in [0.717, 1.165) is 11.4 Å². The van der Waals surface area contributed by atoms with Gasteiger partial charge in [-0.1, -0.05) is 48.4 Å². The molecule has 1 unspecified atom stereocenters. The SMILES string of the molecule is Cc1ccc(C2(c3ccc(OCc4ccnc(C(C)N)n4)cc3)CCC2)cc1. The van der Waals surface area contributed by atoms with E-state index >= 15 is 0 Å². The molecular formula is C24H27N3O. The molecule has 2 aromatic carbocycles. The van der Waals surface area contributed by atoms with Crippen molar-refractivity contribution in [3.8, 4) is 5.75 Å². The maximum absolute atomic E-state index is 5.94. The summed E-state index contributed by atoms with van der Waals surface area (Å²) in [6, 6.07) is 19.2. The van der Waals surface area contributed by atoms with Crippen molar-refractivity contribution in [1.29, 1.82) is 0 Å². The van der Waals surface area contributed by atoms with Crippen molar-refractivity contribution in [2.24, 2.45) is 5.73 Å². The van der Waals surface area contributed by atoms with Crippen LogP contribution in [0.4, 0.5) is 0 Å². The zero-order valence-electron chi connectivity index (χ0n) is 16.6. The molecular weight excluding hydrogens is 346 g/mol. The quantitative estimate of drug-likeness (QED) is 0.671. The smallest absolute Gasteiger partial charge is 0.145 e. The first kappa shape index (κ1) is 18.6. The van der Waals surface area contributed by atoms with Crippen molar-refractivity contribution in [3.05, 3.63) is 89.0 Å². The van der Waals surface area contributed by atoms with E-state index in [1.54, 1.807) is 6.20 Å². The first-order valence-electron chi connectivity index (χ1n) is 9.95. The molecule has 1 aliphatic rings. The minimum absolute atomic E-state index is 0.158. The highest BCUT2D eigenvalue weighted by molar-refractivity contribution is 5.44. The highest BCUT2D eigenvalue weighted by Gasteiger charge is 2.40. The monoisotopic (exact) mass is 373 g/mol. The summed E-state index contributed by atoms with van der Waals surface area (Å²) >= 11 is 0. The molecule has 3 aromatic rings. The number of aromatic nitrogens is 2. The van der Waals surface area contributed by atoms with Crippen LogP contribution in [0.5, 0.6) is 5.75 Å². The Labute approximate surface area is 166 Å². The van der Waals surface area contributed by atoms with Crippen LogP contribution in [0.25, 0.3) is 0 Å². The lowest BCUT2D eigenvalue weighted by atomic mass is 9.60. The van der Waals surface area contributed by atoms with E-state index in [2.05, 4.69) is 65.4 Å². The maximum Gasteiger partial charge on any atom is 0.145 e. The van der Waals surface area contributed by atoms with Gasteiger partial charge in [0.1, 0.15) is 18.2 Å². The topological polar surface area (TPSA) is 61.0 Å². The van der Waals surface area contributed by atoms with E-state index < -0.39 is 0 Å². The van der Waals surface area contributed by atoms with Crippen molar-refractivity contribution in [1.82, 2.24) is 9.97 Å². The predicted octanol–water partition coefficient (Wildman–Crippen LogP) is 4.85. The molecule has 1 aromatic heterocycles. The Morgan fingerprint density at radius 2 is 1.64 bits per heavy atom. The summed E-state index contributed by atoms with van der Waals surface area (Å²) in [5, 5.41) is 0. The molecule has 28 heavy (non-hydrogen) atoms. The fourth-order valence-electron chi connectivity index (χ4n) is 3.89. The highest BCUT2D eigenvalue weighted by atomic mass is 16.5. The standard InChI is InChI=1S/C24H27N3O/c1-17-4-6-19(7-5-17)24(13-3-14-24)20-8-10-22(11-9-20)28-16-21-12-15-26-23(27-21)18(2)25/h4-12,15,18H,3,13-14,16,25H2,1-2H3. The van der Waals surface area contributed by atoms with E-state index in [-0.39, 0.29) is 11.5 Å². The number of hydrogen-bond acceptors (Lipinski definition) is 4. The molecule has 0 aliphatic heterocycles. The normalized spacial score (nSPS) is 16.2. The van der Waals surface area contributed by atoms with Gasteiger partial charge in [-0.2, -0.15) is 0 Å². The van der Waals surface area contributed by atoms with Crippen molar-refractivity contribution < 1.29 is 4.74 Å². The van der Waals surface area contributed by atoms with Gasteiger partial charge in [-0.05, 0) is 56.0 Å². The number of ether oxygens (including phenoxy) is 1. The second-order valence-corrected chi connectivity index (χ2v) is 7.81. The maximum atomic E-state index is 5.94. The molecule has 1 aliphatic carbocycles. The molecule has 1 atom stereocenters. The Hall–Kier alpha value is -2.72. The van der Waals surface area contributed by atoms with Gasteiger partial charge in [0.25, 0.3) is 0 Å². The fraction of sp³-hybridized carbons (Fsp3) is 0.333. The molecule has 0 spiro atoms. The zero-order valence-corrected chi connectivity index (χ0v) is 16.6. The zero-order chi connectivity index (χ0) is 19.6. The molecule has 1 heterocycles. The van der Waals surface area contributed by atoms with Gasteiger partial charge in [-0.15, -0.1) is 0 Å². The Balaban J connectivity index is 1.48. The van der Waals surface area contributed by atoms with E-state index in [0.29, 0.717) is 12.4 Å². The third kappa shape index (κ3) is 3.65. The minimum atomic E-state index is -0.181. The molecule has 4 nitrogen and oxygen atoms in total. The first-order valence-corrected chi connectivity index (χ1v) is 9.95. The molecule has 0 saturated heterocycles. The summed E-state index contributed by atoms with van der Waals surface area (Å²) in [6.45, 7) is 4.42. The van der Waals surface area contributed by atoms with Crippen LogP contribution < -0.4 is 10.5 Å². The van der Waals surface area contributed by atoms with Gasteiger partial charge < -0.3 is 10.5 Å². The number of rotatable bonds is 6. The summed E-state index contributed by atoms with van der Waals surface area (Å²) in [5.74, 6) is 1.49. The molecule has 1 saturated carbocycles. The molecule has 4 rings (SSSR count). The Bertz CT molecular complexity index is 929. The molecule has 2 N–H and O–H groups in total. The summed E-state index contributed by atoms with van der Waals surface area (Å²) in [7, 11) is 0. The van der Waals surface area contributed by atoms with Crippen molar-refractivity contribution in [3.63, 3.8) is 0 Å². The van der Waals surface area contributed by atoms with Gasteiger partial charge in [-0.25, -0.2) is 9.97 Å². The van der Waals surface area contributed by atoms with E-state index in [1.807, 2.05) is 13.0 Å². The average molecular weight is 374 g/mol. The summed E-state index contributed by atoms with van der Waals surface area (Å²) < 4.78 is 5.94. The van der Waals surface area contributed by atoms with Crippen LogP contribution in [0.2, 0.25) is 0 Å². The Kier molecular flexibility index (Phi) is 5.14. The fourth-order valence-corrected chi connectivity index (χ4v) is 3.89. The second kappa shape index (κ2) is 7.72. The first-order chi connectivity index (χ1) is 13.6. The molecule has 1 fully saturated rings. The van der Waals surface area contributed by atoms with Gasteiger partial charge in [0.2, 0.25) is 0 Å². The molecule has 0 bridgehead atoms. The minimum Gasteiger partial charge on any atom is -0.487 e. The number of benzene rings is 2. The third-order valence-electron chi connectivity index (χ3n) is 5.74. The lowest BCUT2D eigenvalue weighted by molar-refractivity contribution is 0.294. The van der Waals surface area contributed by atoms with Crippen LogP contribution in [0, 0.1) is 6.92 Å². The highest BCUT2D eigenvalue weighted by Crippen LogP contribution is 2.49. The van der Waals surface area contributed by atoms with Crippen LogP contribution in [0.15, 0.2) is 60.8 Å². The largest absolute Gasteiger partial charge is 0.487 e. The van der Waals surface area contributed by atoms with Gasteiger partial charge >= 0.3 is 0 Å². The van der Waals surface area contributed by atoms with Gasteiger partial charge in [-0.3, -0.25) is 0 Å². The van der Waals surface area contributed by atoms with Gasteiger partial charge in [0.15, 0.2) is 0 Å². The lowest BCUT2D eigenvalue weighted by Crippen LogP contribution is -2.35. The summed E-state index contributed by atoms with van der Waals surface area (Å²) in [5.41, 5.74) is 10.9. The van der Waals surface area contributed by atoms with Crippen molar-refractivity contribution >= 4 is 0 Å². The number of hydrogen-bond donors (Lipinski definition) is 1.